The minimum absolute atomic E-state index is 0.364. The van der Waals surface area contributed by atoms with E-state index in [4.69, 9.17) is 22.1 Å². The Morgan fingerprint density at radius 2 is 2.17 bits per heavy atom. The topological polar surface area (TPSA) is 93.0 Å². The molecule has 1 aromatic carbocycles. The average Bonchev–Trinajstić information content (AvgIpc) is 2.97. The number of halogens is 2. The lowest BCUT2D eigenvalue weighted by atomic mass is 9.99. The Morgan fingerprint density at radius 3 is 2.83 bits per heavy atom. The molecule has 0 radical (unpaired) electrons. The third kappa shape index (κ3) is 4.11. The second kappa shape index (κ2) is 7.00. The molecule has 1 atom stereocenters. The third-order valence-corrected chi connectivity index (χ3v) is 4.43. The highest BCUT2D eigenvalue weighted by Crippen LogP contribution is 2.30. The Hall–Kier alpha value is -1.41. The van der Waals surface area contributed by atoms with Gasteiger partial charge in [-0.3, -0.25) is 9.89 Å². The summed E-state index contributed by atoms with van der Waals surface area (Å²) < 4.78 is 6.11. The first-order valence-corrected chi connectivity index (χ1v) is 8.04. The summed E-state index contributed by atoms with van der Waals surface area (Å²) in [6.07, 6.45) is 0. The molecule has 0 fully saturated rings. The summed E-state index contributed by atoms with van der Waals surface area (Å²) in [5, 5.41) is 10.2. The molecule has 1 aromatic heterocycles. The minimum atomic E-state index is -0.831. The van der Waals surface area contributed by atoms with E-state index in [2.05, 4.69) is 31.4 Å². The van der Waals surface area contributed by atoms with Gasteiger partial charge in [0.15, 0.2) is 5.82 Å². The van der Waals surface area contributed by atoms with Crippen molar-refractivity contribution in [2.24, 2.45) is 5.73 Å². The average molecular weight is 402 g/mol. The number of anilines is 1. The van der Waals surface area contributed by atoms with Gasteiger partial charge >= 0.3 is 0 Å². The predicted octanol–water partition coefficient (Wildman–Crippen LogP) is 3.18. The molecular formula is C15H18BrClN4O2. The number of carbonyl (C=O) groups excluding carboxylic acids is 1. The minimum Gasteiger partial charge on any atom is -0.377 e. The number of methoxy groups -OCH3 is 1. The lowest BCUT2D eigenvalue weighted by Crippen LogP contribution is -2.52. The summed E-state index contributed by atoms with van der Waals surface area (Å²) in [5.41, 5.74) is 6.59. The van der Waals surface area contributed by atoms with Crippen LogP contribution in [0.4, 0.5) is 5.82 Å². The molecule has 0 bridgehead atoms. The van der Waals surface area contributed by atoms with Crippen LogP contribution in [-0.2, 0) is 9.53 Å². The van der Waals surface area contributed by atoms with Gasteiger partial charge in [0.2, 0.25) is 5.91 Å². The molecule has 8 heteroatoms. The molecule has 0 spiro atoms. The molecule has 124 valence electrons. The Morgan fingerprint density at radius 1 is 1.48 bits per heavy atom. The molecule has 4 N–H and O–H groups in total. The van der Waals surface area contributed by atoms with Crippen molar-refractivity contribution < 1.29 is 9.53 Å². The molecule has 23 heavy (non-hydrogen) atoms. The Bertz CT molecular complexity index is 717. The molecule has 0 saturated carbocycles. The zero-order chi connectivity index (χ0) is 17.2. The highest BCUT2D eigenvalue weighted by Gasteiger charge is 2.32. The maximum atomic E-state index is 12.2. The Kier molecular flexibility index (Phi) is 5.46. The molecule has 0 saturated heterocycles. The molecule has 0 aliphatic heterocycles. The fraction of sp³-hybridized carbons (Fsp3) is 0.333. The van der Waals surface area contributed by atoms with Crippen molar-refractivity contribution in [2.75, 3.05) is 12.4 Å². The molecule has 2 rings (SSSR count). The molecule has 1 amide bonds. The van der Waals surface area contributed by atoms with E-state index >= 15 is 0 Å². The predicted molar refractivity (Wildman–Crippen MR) is 94.4 cm³/mol. The first-order valence-electron chi connectivity index (χ1n) is 6.87. The molecule has 0 aliphatic rings. The van der Waals surface area contributed by atoms with Gasteiger partial charge in [-0.25, -0.2) is 0 Å². The largest absolute Gasteiger partial charge is 0.377 e. The summed E-state index contributed by atoms with van der Waals surface area (Å²) in [6, 6.07) is 6.34. The van der Waals surface area contributed by atoms with E-state index in [1.165, 1.54) is 7.11 Å². The van der Waals surface area contributed by atoms with Crippen molar-refractivity contribution in [3.8, 4) is 11.3 Å². The summed E-state index contributed by atoms with van der Waals surface area (Å²) in [5.74, 6) is -0.0152. The molecule has 2 aromatic rings. The maximum Gasteiger partial charge on any atom is 0.245 e. The molecule has 1 heterocycles. The van der Waals surface area contributed by atoms with Gasteiger partial charge in [0.25, 0.3) is 0 Å². The van der Waals surface area contributed by atoms with Gasteiger partial charge in [-0.15, -0.1) is 0 Å². The summed E-state index contributed by atoms with van der Waals surface area (Å²) in [7, 11) is 1.51. The number of nitrogens with one attached hydrogen (secondary N) is 2. The number of carbonyl (C=O) groups is 1. The Balaban J connectivity index is 2.17. The molecule has 6 nitrogen and oxygen atoms in total. The van der Waals surface area contributed by atoms with Crippen LogP contribution in [0.1, 0.15) is 13.8 Å². The van der Waals surface area contributed by atoms with E-state index in [0.717, 1.165) is 10.0 Å². The smallest absolute Gasteiger partial charge is 0.245 e. The van der Waals surface area contributed by atoms with Gasteiger partial charge in [-0.1, -0.05) is 27.5 Å². The van der Waals surface area contributed by atoms with Crippen molar-refractivity contribution in [3.05, 3.63) is 33.8 Å². The van der Waals surface area contributed by atoms with Gasteiger partial charge in [-0.05, 0) is 32.0 Å². The number of aromatic amines is 1. The highest BCUT2D eigenvalue weighted by atomic mass is 79.9. The summed E-state index contributed by atoms with van der Waals surface area (Å²) in [6.45, 7) is 3.49. The van der Waals surface area contributed by atoms with Crippen molar-refractivity contribution >= 4 is 39.3 Å². The number of hydrogen-bond donors (Lipinski definition) is 3. The fourth-order valence-corrected chi connectivity index (χ4v) is 2.45. The first-order chi connectivity index (χ1) is 10.7. The van der Waals surface area contributed by atoms with E-state index in [0.29, 0.717) is 16.5 Å². The van der Waals surface area contributed by atoms with E-state index in [1.807, 2.05) is 12.1 Å². The Labute approximate surface area is 147 Å². The monoisotopic (exact) mass is 400 g/mol. The maximum absolute atomic E-state index is 12.2. The normalized spacial score (nSPS) is 13.0. The van der Waals surface area contributed by atoms with Crippen LogP contribution in [0.5, 0.6) is 0 Å². The van der Waals surface area contributed by atoms with Crippen LogP contribution in [0, 0.1) is 0 Å². The van der Waals surface area contributed by atoms with Crippen LogP contribution in [-0.4, -0.2) is 34.9 Å². The number of rotatable bonds is 5. The fourth-order valence-electron chi connectivity index (χ4n) is 1.87. The van der Waals surface area contributed by atoms with Crippen LogP contribution in [0.2, 0.25) is 5.02 Å². The first kappa shape index (κ1) is 17.9. The van der Waals surface area contributed by atoms with Crippen molar-refractivity contribution in [1.82, 2.24) is 10.2 Å². The van der Waals surface area contributed by atoms with E-state index in [-0.39, 0.29) is 5.91 Å². The summed E-state index contributed by atoms with van der Waals surface area (Å²) >= 11 is 9.58. The number of ether oxygens (including phenoxy) is 1. The quantitative estimate of drug-likeness (QED) is 0.717. The van der Waals surface area contributed by atoms with Gasteiger partial charge in [0, 0.05) is 23.2 Å². The number of amides is 1. The molecule has 0 aliphatic carbocycles. The number of nitrogens with two attached hydrogens (primary N) is 1. The number of hydrogen-bond acceptors (Lipinski definition) is 4. The van der Waals surface area contributed by atoms with E-state index < -0.39 is 11.6 Å². The van der Waals surface area contributed by atoms with Crippen LogP contribution in [0.3, 0.4) is 0 Å². The highest BCUT2D eigenvalue weighted by molar-refractivity contribution is 9.10. The van der Waals surface area contributed by atoms with Gasteiger partial charge in [-0.2, -0.15) is 5.10 Å². The van der Waals surface area contributed by atoms with Crippen molar-refractivity contribution in [2.45, 2.75) is 25.5 Å². The standard InChI is InChI=1S/C15H18BrClN4O2/c1-15(2,23-3)13(18)14(22)19-12-7-11(20-21-12)9-6-8(16)4-5-10(9)17/h4-7,13H,18H2,1-3H3,(H2,19,20,21,22). The SMILES string of the molecule is COC(C)(C)C(N)C(=O)Nc1cc(-c2cc(Br)ccc2Cl)[nH]n1. The van der Waals surface area contributed by atoms with Gasteiger partial charge < -0.3 is 15.8 Å². The number of benzene rings is 1. The van der Waals surface area contributed by atoms with E-state index in [1.54, 1.807) is 26.0 Å². The van der Waals surface area contributed by atoms with E-state index in [9.17, 15) is 4.79 Å². The van der Waals surface area contributed by atoms with Crippen molar-refractivity contribution in [3.63, 3.8) is 0 Å². The number of nitrogens with zero attached hydrogens (tertiary/aromatic N) is 1. The lowest BCUT2D eigenvalue weighted by molar-refractivity contribution is -0.123. The van der Waals surface area contributed by atoms with Crippen molar-refractivity contribution in [1.29, 1.82) is 0 Å². The molecular weight excluding hydrogens is 384 g/mol. The van der Waals surface area contributed by atoms with Crippen LogP contribution < -0.4 is 11.1 Å². The second-order valence-electron chi connectivity index (χ2n) is 5.57. The third-order valence-electron chi connectivity index (χ3n) is 3.61. The van der Waals surface area contributed by atoms with Crippen LogP contribution in [0.15, 0.2) is 28.7 Å². The van der Waals surface area contributed by atoms with Crippen LogP contribution in [0.25, 0.3) is 11.3 Å². The number of H-pyrrole nitrogens is 1. The van der Waals surface area contributed by atoms with Crippen LogP contribution >= 0.6 is 27.5 Å². The van der Waals surface area contributed by atoms with Gasteiger partial charge in [0.1, 0.15) is 6.04 Å². The zero-order valence-electron chi connectivity index (χ0n) is 13.0. The molecule has 1 unspecified atom stereocenters. The lowest BCUT2D eigenvalue weighted by Gasteiger charge is -2.28. The van der Waals surface area contributed by atoms with Gasteiger partial charge in [0.05, 0.1) is 16.3 Å². The number of aromatic nitrogens is 2. The summed E-state index contributed by atoms with van der Waals surface area (Å²) in [4.78, 5) is 12.2. The zero-order valence-corrected chi connectivity index (χ0v) is 15.3. The second-order valence-corrected chi connectivity index (χ2v) is 6.89.